The molecule has 3 heterocycles. The van der Waals surface area contributed by atoms with Crippen molar-refractivity contribution < 1.29 is 9.47 Å². The Hall–Kier alpha value is -3.28. The van der Waals surface area contributed by atoms with E-state index in [1.165, 1.54) is 0 Å². The molecule has 0 aliphatic carbocycles. The van der Waals surface area contributed by atoms with Gasteiger partial charge in [0.25, 0.3) is 0 Å². The SMILES string of the molecule is COc1ccc(-c2cnn3cc(-c4cnn(C)c4)cc(OC)c23)cc1. The van der Waals surface area contributed by atoms with Gasteiger partial charge in [-0.15, -0.1) is 0 Å². The Morgan fingerprint density at radius 1 is 0.840 bits per heavy atom. The van der Waals surface area contributed by atoms with E-state index in [1.54, 1.807) is 18.9 Å². The third-order valence-corrected chi connectivity index (χ3v) is 4.24. The van der Waals surface area contributed by atoms with Crippen molar-refractivity contribution in [3.63, 3.8) is 0 Å². The molecule has 0 unspecified atom stereocenters. The predicted octanol–water partition coefficient (Wildman–Crippen LogP) is 3.42. The monoisotopic (exact) mass is 334 g/mol. The van der Waals surface area contributed by atoms with E-state index in [1.807, 2.05) is 66.7 Å². The number of pyridine rings is 1. The largest absolute Gasteiger partial charge is 0.497 e. The Labute approximate surface area is 145 Å². The fourth-order valence-corrected chi connectivity index (χ4v) is 2.95. The molecule has 4 rings (SSSR count). The standard InChI is InChI=1S/C19H18N4O2/c1-22-11-15(9-20-22)14-8-18(25-3)19-17(10-21-23(19)12-14)13-4-6-16(24-2)7-5-13/h4-12H,1-3H3. The first-order valence-corrected chi connectivity index (χ1v) is 7.88. The van der Waals surface area contributed by atoms with Crippen LogP contribution in [0.2, 0.25) is 0 Å². The number of methoxy groups -OCH3 is 2. The molecule has 4 aromatic rings. The lowest BCUT2D eigenvalue weighted by molar-refractivity contribution is 0.415. The van der Waals surface area contributed by atoms with Gasteiger partial charge in [-0.25, -0.2) is 4.52 Å². The molecular weight excluding hydrogens is 316 g/mol. The molecule has 0 bridgehead atoms. The van der Waals surface area contributed by atoms with Crippen LogP contribution < -0.4 is 9.47 Å². The Balaban J connectivity index is 1.87. The normalized spacial score (nSPS) is 11.0. The summed E-state index contributed by atoms with van der Waals surface area (Å²) < 4.78 is 14.5. The van der Waals surface area contributed by atoms with E-state index in [-0.39, 0.29) is 0 Å². The second-order valence-corrected chi connectivity index (χ2v) is 5.78. The van der Waals surface area contributed by atoms with E-state index in [0.717, 1.165) is 39.3 Å². The number of fused-ring (bicyclic) bond motifs is 1. The maximum absolute atomic E-state index is 5.65. The highest BCUT2D eigenvalue weighted by molar-refractivity contribution is 5.86. The predicted molar refractivity (Wildman–Crippen MR) is 95.9 cm³/mol. The van der Waals surface area contributed by atoms with Gasteiger partial charge in [0, 0.05) is 36.1 Å². The summed E-state index contributed by atoms with van der Waals surface area (Å²) in [7, 11) is 5.23. The molecule has 1 aromatic carbocycles. The van der Waals surface area contributed by atoms with Crippen molar-refractivity contribution in [2.45, 2.75) is 0 Å². The second-order valence-electron chi connectivity index (χ2n) is 5.78. The van der Waals surface area contributed by atoms with E-state index >= 15 is 0 Å². The summed E-state index contributed by atoms with van der Waals surface area (Å²) in [6, 6.07) is 9.93. The molecule has 0 fully saturated rings. The summed E-state index contributed by atoms with van der Waals surface area (Å²) in [6.45, 7) is 0. The average Bonchev–Trinajstić information content (AvgIpc) is 3.27. The molecule has 0 radical (unpaired) electrons. The minimum absolute atomic E-state index is 0.768. The summed E-state index contributed by atoms with van der Waals surface area (Å²) in [5.74, 6) is 1.59. The zero-order valence-electron chi connectivity index (χ0n) is 14.3. The number of rotatable bonds is 4. The van der Waals surface area contributed by atoms with Crippen LogP contribution in [-0.2, 0) is 7.05 Å². The Morgan fingerprint density at radius 2 is 1.64 bits per heavy atom. The van der Waals surface area contributed by atoms with Gasteiger partial charge in [-0.05, 0) is 23.8 Å². The van der Waals surface area contributed by atoms with Crippen LogP contribution in [0.15, 0.2) is 55.1 Å². The Bertz CT molecular complexity index is 1030. The molecule has 6 nitrogen and oxygen atoms in total. The minimum Gasteiger partial charge on any atom is -0.497 e. The van der Waals surface area contributed by atoms with Gasteiger partial charge in [0.15, 0.2) is 0 Å². The van der Waals surface area contributed by atoms with Gasteiger partial charge in [0.05, 0.1) is 26.6 Å². The first kappa shape index (κ1) is 15.3. The van der Waals surface area contributed by atoms with Crippen molar-refractivity contribution in [1.82, 2.24) is 19.4 Å². The van der Waals surface area contributed by atoms with E-state index in [4.69, 9.17) is 9.47 Å². The summed E-state index contributed by atoms with van der Waals surface area (Å²) in [4.78, 5) is 0. The van der Waals surface area contributed by atoms with Gasteiger partial charge in [0.2, 0.25) is 0 Å². The summed E-state index contributed by atoms with van der Waals surface area (Å²) in [5, 5.41) is 8.75. The summed E-state index contributed by atoms with van der Waals surface area (Å²) >= 11 is 0. The van der Waals surface area contributed by atoms with E-state index < -0.39 is 0 Å². The molecule has 0 amide bonds. The molecular formula is C19H18N4O2. The van der Waals surface area contributed by atoms with E-state index in [0.29, 0.717) is 0 Å². The maximum atomic E-state index is 5.65. The van der Waals surface area contributed by atoms with Crippen LogP contribution in [0, 0.1) is 0 Å². The lowest BCUT2D eigenvalue weighted by atomic mass is 10.1. The van der Waals surface area contributed by atoms with Crippen molar-refractivity contribution in [3.05, 3.63) is 55.1 Å². The van der Waals surface area contributed by atoms with Crippen molar-refractivity contribution in [3.8, 4) is 33.8 Å². The van der Waals surface area contributed by atoms with Crippen molar-refractivity contribution in [2.75, 3.05) is 14.2 Å². The van der Waals surface area contributed by atoms with Crippen LogP contribution in [0.4, 0.5) is 0 Å². The van der Waals surface area contributed by atoms with Crippen LogP contribution in [-0.4, -0.2) is 33.6 Å². The van der Waals surface area contributed by atoms with Crippen LogP contribution in [0.5, 0.6) is 11.5 Å². The summed E-state index contributed by atoms with van der Waals surface area (Å²) in [6.07, 6.45) is 7.64. The fourth-order valence-electron chi connectivity index (χ4n) is 2.95. The van der Waals surface area contributed by atoms with Crippen molar-refractivity contribution >= 4 is 5.52 Å². The van der Waals surface area contributed by atoms with Crippen LogP contribution >= 0.6 is 0 Å². The molecule has 0 aliphatic rings. The second kappa shape index (κ2) is 5.98. The zero-order valence-corrected chi connectivity index (χ0v) is 14.3. The highest BCUT2D eigenvalue weighted by atomic mass is 16.5. The average molecular weight is 334 g/mol. The smallest absolute Gasteiger partial charge is 0.145 e. The Kier molecular flexibility index (Phi) is 3.65. The third-order valence-electron chi connectivity index (χ3n) is 4.24. The van der Waals surface area contributed by atoms with Gasteiger partial charge >= 0.3 is 0 Å². The highest BCUT2D eigenvalue weighted by Crippen LogP contribution is 2.34. The van der Waals surface area contributed by atoms with E-state index in [2.05, 4.69) is 10.2 Å². The maximum Gasteiger partial charge on any atom is 0.145 e. The van der Waals surface area contributed by atoms with Crippen LogP contribution in [0.1, 0.15) is 0 Å². The number of aromatic nitrogens is 4. The number of nitrogens with zero attached hydrogens (tertiary/aromatic N) is 4. The zero-order chi connectivity index (χ0) is 17.4. The molecule has 25 heavy (non-hydrogen) atoms. The highest BCUT2D eigenvalue weighted by Gasteiger charge is 2.14. The molecule has 0 aliphatic heterocycles. The van der Waals surface area contributed by atoms with Crippen molar-refractivity contribution in [1.29, 1.82) is 0 Å². The van der Waals surface area contributed by atoms with Gasteiger partial charge in [-0.1, -0.05) is 12.1 Å². The lowest BCUT2D eigenvalue weighted by Crippen LogP contribution is -1.94. The van der Waals surface area contributed by atoms with Crippen LogP contribution in [0.3, 0.4) is 0 Å². The van der Waals surface area contributed by atoms with Gasteiger partial charge in [-0.2, -0.15) is 10.2 Å². The van der Waals surface area contributed by atoms with Crippen molar-refractivity contribution in [2.24, 2.45) is 7.05 Å². The molecule has 3 aromatic heterocycles. The Morgan fingerprint density at radius 3 is 2.28 bits per heavy atom. The molecule has 126 valence electrons. The molecule has 0 spiro atoms. The van der Waals surface area contributed by atoms with Gasteiger partial charge < -0.3 is 9.47 Å². The quantitative estimate of drug-likeness (QED) is 0.574. The number of benzene rings is 1. The molecule has 0 saturated heterocycles. The molecule has 6 heteroatoms. The number of aryl methyl sites for hydroxylation is 1. The fraction of sp³-hybridized carbons (Fsp3) is 0.158. The first-order chi connectivity index (χ1) is 12.2. The molecule has 0 atom stereocenters. The molecule has 0 saturated carbocycles. The van der Waals surface area contributed by atoms with Gasteiger partial charge in [0.1, 0.15) is 17.0 Å². The third kappa shape index (κ3) is 2.61. The number of hydrogen-bond acceptors (Lipinski definition) is 4. The summed E-state index contributed by atoms with van der Waals surface area (Å²) in [5.41, 5.74) is 5.02. The minimum atomic E-state index is 0.768. The topological polar surface area (TPSA) is 53.6 Å². The number of ether oxygens (including phenoxy) is 2. The van der Waals surface area contributed by atoms with E-state index in [9.17, 15) is 0 Å². The van der Waals surface area contributed by atoms with Gasteiger partial charge in [-0.3, -0.25) is 4.68 Å². The first-order valence-electron chi connectivity index (χ1n) is 7.88. The van der Waals surface area contributed by atoms with Crippen LogP contribution in [0.25, 0.3) is 27.8 Å². The number of hydrogen-bond donors (Lipinski definition) is 0. The molecule has 0 N–H and O–H groups in total. The lowest BCUT2D eigenvalue weighted by Gasteiger charge is -2.08.